The highest BCUT2D eigenvalue weighted by atomic mass is 32.1. The summed E-state index contributed by atoms with van der Waals surface area (Å²) in [5.41, 5.74) is 11.4. The van der Waals surface area contributed by atoms with Gasteiger partial charge in [0.2, 0.25) is 0 Å². The number of aromatic nitrogens is 3. The van der Waals surface area contributed by atoms with E-state index in [-0.39, 0.29) is 0 Å². The van der Waals surface area contributed by atoms with Crippen LogP contribution < -0.4 is 0 Å². The Balaban J connectivity index is 1.17. The summed E-state index contributed by atoms with van der Waals surface area (Å²) < 4.78 is 9.21. The minimum atomic E-state index is 0.598. The molecule has 0 saturated carbocycles. The van der Waals surface area contributed by atoms with Gasteiger partial charge in [0, 0.05) is 53.2 Å². The lowest BCUT2D eigenvalue weighted by Gasteiger charge is -2.14. The molecule has 1 aliphatic rings. The molecular formula is C51H33N3OS. The largest absolute Gasteiger partial charge is 0.456 e. The van der Waals surface area contributed by atoms with Crippen LogP contribution in [-0.2, 0) is 0 Å². The topological polar surface area (TPSA) is 51.8 Å². The first kappa shape index (κ1) is 32.5. The number of nitrogens with zero attached hydrogens (tertiary/aromatic N) is 3. The fourth-order valence-corrected chi connectivity index (χ4v) is 9.23. The van der Waals surface area contributed by atoms with Crippen molar-refractivity contribution in [1.82, 2.24) is 15.0 Å². The molecule has 3 heterocycles. The second-order valence-electron chi connectivity index (χ2n) is 14.2. The van der Waals surface area contributed by atoms with Gasteiger partial charge in [-0.15, -0.1) is 11.3 Å². The molecule has 0 saturated heterocycles. The number of para-hydroxylation sites is 1. The molecule has 0 radical (unpaired) electrons. The molecule has 264 valence electrons. The second kappa shape index (κ2) is 13.4. The van der Waals surface area contributed by atoms with E-state index in [1.165, 1.54) is 36.9 Å². The molecule has 4 nitrogen and oxygen atoms in total. The highest BCUT2D eigenvalue weighted by Crippen LogP contribution is 2.46. The molecule has 0 spiro atoms. The van der Waals surface area contributed by atoms with Crippen LogP contribution in [0.3, 0.4) is 0 Å². The van der Waals surface area contributed by atoms with Crippen LogP contribution in [0.5, 0.6) is 0 Å². The molecule has 5 heteroatoms. The minimum absolute atomic E-state index is 0.598. The van der Waals surface area contributed by atoms with Crippen LogP contribution in [0, 0.1) is 0 Å². The van der Waals surface area contributed by atoms with Crippen LogP contribution in [-0.4, -0.2) is 15.0 Å². The molecule has 7 aromatic carbocycles. The fourth-order valence-electron chi connectivity index (χ4n) is 8.01. The minimum Gasteiger partial charge on any atom is -0.456 e. The zero-order valence-corrected chi connectivity index (χ0v) is 31.1. The highest BCUT2D eigenvalue weighted by Gasteiger charge is 2.22. The molecule has 0 fully saturated rings. The first-order valence-electron chi connectivity index (χ1n) is 19.0. The zero-order valence-electron chi connectivity index (χ0n) is 30.3. The van der Waals surface area contributed by atoms with Crippen molar-refractivity contribution in [3.63, 3.8) is 0 Å². The molecule has 10 aromatic rings. The van der Waals surface area contributed by atoms with E-state index in [0.717, 1.165) is 68.2 Å². The van der Waals surface area contributed by atoms with Crippen LogP contribution in [0.15, 0.2) is 180 Å². The molecule has 0 unspecified atom stereocenters. The third kappa shape index (κ3) is 5.64. The Labute approximate surface area is 327 Å². The molecule has 56 heavy (non-hydrogen) atoms. The number of furan rings is 1. The smallest absolute Gasteiger partial charge is 0.164 e. The fraction of sp³-hybridized carbons (Fsp3) is 0.0392. The van der Waals surface area contributed by atoms with Gasteiger partial charge in [0.25, 0.3) is 0 Å². The molecular weight excluding hydrogens is 703 g/mol. The number of hydrogen-bond donors (Lipinski definition) is 0. The maximum absolute atomic E-state index is 6.69. The van der Waals surface area contributed by atoms with Gasteiger partial charge in [-0.1, -0.05) is 140 Å². The maximum Gasteiger partial charge on any atom is 0.164 e. The van der Waals surface area contributed by atoms with Crippen LogP contribution in [0.4, 0.5) is 0 Å². The van der Waals surface area contributed by atoms with Crippen LogP contribution in [0.1, 0.15) is 18.4 Å². The number of thiophene rings is 1. The average Bonchev–Trinajstić information content (AvgIpc) is 3.85. The van der Waals surface area contributed by atoms with Gasteiger partial charge in [-0.05, 0) is 77.1 Å². The van der Waals surface area contributed by atoms with Crippen LogP contribution in [0.25, 0.3) is 104 Å². The average molecular weight is 736 g/mol. The molecule has 0 amide bonds. The molecule has 0 aliphatic heterocycles. The van der Waals surface area contributed by atoms with Crippen molar-refractivity contribution in [3.05, 3.63) is 182 Å². The lowest BCUT2D eigenvalue weighted by atomic mass is 9.92. The molecule has 0 atom stereocenters. The summed E-state index contributed by atoms with van der Waals surface area (Å²) in [6.07, 6.45) is 9.01. The van der Waals surface area contributed by atoms with Gasteiger partial charge in [0.1, 0.15) is 11.2 Å². The summed E-state index contributed by atoms with van der Waals surface area (Å²) in [5.74, 6) is 1.83. The van der Waals surface area contributed by atoms with Crippen molar-refractivity contribution < 1.29 is 4.42 Å². The van der Waals surface area contributed by atoms with Gasteiger partial charge in [-0.3, -0.25) is 0 Å². The Bertz CT molecular complexity index is 3170. The molecule has 1 aliphatic carbocycles. The van der Waals surface area contributed by atoms with Gasteiger partial charge in [-0.25, -0.2) is 15.0 Å². The zero-order chi connectivity index (χ0) is 37.0. The Morgan fingerprint density at radius 2 is 1.07 bits per heavy atom. The first-order chi connectivity index (χ1) is 27.7. The summed E-state index contributed by atoms with van der Waals surface area (Å²) in [6.45, 7) is 0. The summed E-state index contributed by atoms with van der Waals surface area (Å²) in [7, 11) is 0. The Kier molecular flexibility index (Phi) is 7.78. The van der Waals surface area contributed by atoms with E-state index in [1.807, 2.05) is 47.7 Å². The van der Waals surface area contributed by atoms with E-state index in [4.69, 9.17) is 19.4 Å². The Morgan fingerprint density at radius 3 is 1.84 bits per heavy atom. The number of hydrogen-bond acceptors (Lipinski definition) is 5. The highest BCUT2D eigenvalue weighted by molar-refractivity contribution is 7.26. The monoisotopic (exact) mass is 735 g/mol. The van der Waals surface area contributed by atoms with E-state index >= 15 is 0 Å². The molecule has 0 N–H and O–H groups in total. The van der Waals surface area contributed by atoms with Crippen LogP contribution >= 0.6 is 11.3 Å². The summed E-state index contributed by atoms with van der Waals surface area (Å²) in [5, 5.41) is 4.55. The van der Waals surface area contributed by atoms with E-state index in [1.54, 1.807) is 0 Å². The van der Waals surface area contributed by atoms with Crippen molar-refractivity contribution in [2.45, 2.75) is 12.8 Å². The van der Waals surface area contributed by atoms with E-state index < -0.39 is 0 Å². The third-order valence-corrected chi connectivity index (χ3v) is 12.0. The second-order valence-corrected chi connectivity index (χ2v) is 15.3. The van der Waals surface area contributed by atoms with Crippen molar-refractivity contribution >= 4 is 59.0 Å². The Morgan fingerprint density at radius 1 is 0.446 bits per heavy atom. The van der Waals surface area contributed by atoms with Crippen molar-refractivity contribution in [2.75, 3.05) is 0 Å². The van der Waals surface area contributed by atoms with Crippen molar-refractivity contribution in [3.8, 4) is 56.4 Å². The lowest BCUT2D eigenvalue weighted by Crippen LogP contribution is -2.00. The van der Waals surface area contributed by atoms with Gasteiger partial charge in [0.15, 0.2) is 17.5 Å². The molecule has 3 aromatic heterocycles. The number of fused-ring (bicyclic) bond motifs is 6. The Hall–Kier alpha value is -6.95. The van der Waals surface area contributed by atoms with Crippen molar-refractivity contribution in [2.24, 2.45) is 0 Å². The normalized spacial score (nSPS) is 12.9. The van der Waals surface area contributed by atoms with E-state index in [2.05, 4.69) is 140 Å². The number of benzene rings is 7. The molecule has 0 bridgehead atoms. The quantitative estimate of drug-likeness (QED) is 0.171. The summed E-state index contributed by atoms with van der Waals surface area (Å²) in [6, 6.07) is 55.2. The van der Waals surface area contributed by atoms with Crippen molar-refractivity contribution in [1.29, 1.82) is 0 Å². The van der Waals surface area contributed by atoms with E-state index in [9.17, 15) is 0 Å². The maximum atomic E-state index is 6.69. The third-order valence-electron chi connectivity index (χ3n) is 10.8. The van der Waals surface area contributed by atoms with Gasteiger partial charge < -0.3 is 4.42 Å². The van der Waals surface area contributed by atoms with E-state index in [0.29, 0.717) is 17.5 Å². The SMILES string of the molecule is C1=CC(c2cc(-c3cc(-c4nc(-c5ccccc5)nc(-c5ccc(-c6ccccc6)cc5)n4)c4c(c3)oc3ccccc34)c3sc4ccccc4c3c2)=CCC1. The standard InChI is InChI=1S/C51H33N3OS/c1-4-14-32(15-5-1)34-24-26-36(27-25-34)50-52-49(35-18-8-3-9-19-35)53-51(54-50)43-30-38(31-45-47(43)40-21-10-12-22-44(40)55-45)41-28-37(33-16-6-2-7-17-33)29-42-39-20-11-13-23-46(39)56-48(41)42/h1,3-6,8-31H,2,7H2. The first-order valence-corrected chi connectivity index (χ1v) is 19.8. The van der Waals surface area contributed by atoms with Gasteiger partial charge >= 0.3 is 0 Å². The van der Waals surface area contributed by atoms with Gasteiger partial charge in [0.05, 0.1) is 0 Å². The summed E-state index contributed by atoms with van der Waals surface area (Å²) in [4.78, 5) is 15.6. The predicted molar refractivity (Wildman–Crippen MR) is 234 cm³/mol. The summed E-state index contributed by atoms with van der Waals surface area (Å²) >= 11 is 1.84. The molecule has 11 rings (SSSR count). The van der Waals surface area contributed by atoms with Crippen LogP contribution in [0.2, 0.25) is 0 Å². The van der Waals surface area contributed by atoms with Gasteiger partial charge in [-0.2, -0.15) is 0 Å². The predicted octanol–water partition coefficient (Wildman–Crippen LogP) is 14.2. The number of allylic oxidation sites excluding steroid dienone is 4. The number of rotatable bonds is 6. The lowest BCUT2D eigenvalue weighted by molar-refractivity contribution is 0.669.